The van der Waals surface area contributed by atoms with E-state index in [-0.39, 0.29) is 17.7 Å². The Morgan fingerprint density at radius 2 is 1.96 bits per heavy atom. The first-order chi connectivity index (χ1) is 12.1. The minimum Gasteiger partial charge on any atom is -0.361 e. The topological polar surface area (TPSA) is 74.0 Å². The highest BCUT2D eigenvalue weighted by atomic mass is 32.2. The number of benzene rings is 1. The van der Waals surface area contributed by atoms with Crippen LogP contribution in [-0.4, -0.2) is 40.4 Å². The monoisotopic (exact) mass is 359 g/mol. The van der Waals surface area contributed by atoms with Crippen LogP contribution >= 0.6 is 11.8 Å². The van der Waals surface area contributed by atoms with Gasteiger partial charge in [0.25, 0.3) is 0 Å². The Kier molecular flexibility index (Phi) is 5.68. The number of fused-ring (bicyclic) bond motifs is 1. The normalized spacial score (nSPS) is 21.8. The number of para-hydroxylation sites is 1. The third-order valence-electron chi connectivity index (χ3n) is 4.75. The lowest BCUT2D eigenvalue weighted by molar-refractivity contribution is -0.136. The standard InChI is InChI=1S/C19H25N3O2S/c1-3-4-9-25-11-16-18(23)22-17(19(24)21-16)12(2)14-10-20-15-8-6-5-7-13(14)15/h5-8,10,12,16-17,20H,3-4,9,11H2,1-2H3,(H,21,24)(H,22,23)/t12?,16-,17+/m0/s1. The third-order valence-corrected chi connectivity index (χ3v) is 5.90. The number of rotatable bonds is 7. The van der Waals surface area contributed by atoms with Crippen LogP contribution in [-0.2, 0) is 9.59 Å². The quantitative estimate of drug-likeness (QED) is 0.666. The molecule has 25 heavy (non-hydrogen) atoms. The van der Waals surface area contributed by atoms with E-state index in [1.165, 1.54) is 0 Å². The first kappa shape index (κ1) is 17.9. The van der Waals surface area contributed by atoms with Crippen LogP contribution in [0.4, 0.5) is 0 Å². The Labute approximate surface area is 152 Å². The maximum absolute atomic E-state index is 12.6. The Morgan fingerprint density at radius 3 is 2.76 bits per heavy atom. The predicted octanol–water partition coefficient (Wildman–Crippen LogP) is 2.79. The van der Waals surface area contributed by atoms with Crippen molar-refractivity contribution in [3.05, 3.63) is 36.0 Å². The van der Waals surface area contributed by atoms with E-state index in [4.69, 9.17) is 0 Å². The number of hydrogen-bond acceptors (Lipinski definition) is 3. The molecule has 0 aliphatic carbocycles. The Hall–Kier alpha value is -1.95. The zero-order valence-corrected chi connectivity index (χ0v) is 15.5. The maximum atomic E-state index is 12.6. The number of hydrogen-bond donors (Lipinski definition) is 3. The van der Waals surface area contributed by atoms with Gasteiger partial charge in [-0.3, -0.25) is 9.59 Å². The van der Waals surface area contributed by atoms with Crippen LogP contribution in [0, 0.1) is 0 Å². The number of amides is 2. The van der Waals surface area contributed by atoms with Gasteiger partial charge in [0.15, 0.2) is 0 Å². The molecule has 2 heterocycles. The van der Waals surface area contributed by atoms with Gasteiger partial charge in [0.1, 0.15) is 12.1 Å². The van der Waals surface area contributed by atoms with E-state index in [0.717, 1.165) is 35.1 Å². The van der Waals surface area contributed by atoms with E-state index in [1.54, 1.807) is 11.8 Å². The van der Waals surface area contributed by atoms with Crippen LogP contribution in [0.15, 0.2) is 30.5 Å². The van der Waals surface area contributed by atoms with Gasteiger partial charge in [-0.15, -0.1) is 0 Å². The lowest BCUT2D eigenvalue weighted by atomic mass is 9.90. The summed E-state index contributed by atoms with van der Waals surface area (Å²) in [5, 5.41) is 6.93. The van der Waals surface area contributed by atoms with Gasteiger partial charge in [0, 0.05) is 28.8 Å². The van der Waals surface area contributed by atoms with E-state index in [0.29, 0.717) is 5.75 Å². The molecule has 2 aromatic rings. The fourth-order valence-corrected chi connectivity index (χ4v) is 4.34. The van der Waals surface area contributed by atoms with Crippen molar-refractivity contribution in [2.45, 2.75) is 44.7 Å². The second kappa shape index (κ2) is 7.95. The molecule has 1 aliphatic rings. The maximum Gasteiger partial charge on any atom is 0.244 e. The number of piperazine rings is 1. The molecule has 2 amide bonds. The van der Waals surface area contributed by atoms with Crippen molar-refractivity contribution in [1.82, 2.24) is 15.6 Å². The summed E-state index contributed by atoms with van der Waals surface area (Å²) < 4.78 is 0. The first-order valence-electron chi connectivity index (χ1n) is 8.86. The Balaban J connectivity index is 1.67. The van der Waals surface area contributed by atoms with E-state index in [2.05, 4.69) is 22.5 Å². The number of carbonyl (C=O) groups excluding carboxylic acids is 2. The van der Waals surface area contributed by atoms with Crippen LogP contribution in [0.2, 0.25) is 0 Å². The zero-order valence-electron chi connectivity index (χ0n) is 14.7. The van der Waals surface area contributed by atoms with Gasteiger partial charge in [-0.05, 0) is 23.8 Å². The predicted molar refractivity (Wildman–Crippen MR) is 103 cm³/mol. The van der Waals surface area contributed by atoms with Crippen molar-refractivity contribution < 1.29 is 9.59 Å². The lowest BCUT2D eigenvalue weighted by Gasteiger charge is -2.32. The molecule has 1 aromatic heterocycles. The highest BCUT2D eigenvalue weighted by Gasteiger charge is 2.37. The molecule has 1 unspecified atom stereocenters. The Morgan fingerprint density at radius 1 is 1.16 bits per heavy atom. The first-order valence-corrected chi connectivity index (χ1v) is 10.0. The molecule has 1 saturated heterocycles. The summed E-state index contributed by atoms with van der Waals surface area (Å²) in [6, 6.07) is 7.03. The minimum atomic E-state index is -0.538. The summed E-state index contributed by atoms with van der Waals surface area (Å²) >= 11 is 1.72. The molecule has 1 fully saturated rings. The molecule has 0 spiro atoms. The molecule has 5 nitrogen and oxygen atoms in total. The molecule has 1 aromatic carbocycles. The minimum absolute atomic E-state index is 0.0831. The number of carbonyl (C=O) groups is 2. The van der Waals surface area contributed by atoms with Crippen molar-refractivity contribution in [3.8, 4) is 0 Å². The van der Waals surface area contributed by atoms with Crippen molar-refractivity contribution in [3.63, 3.8) is 0 Å². The molecule has 134 valence electrons. The van der Waals surface area contributed by atoms with E-state index >= 15 is 0 Å². The molecule has 3 N–H and O–H groups in total. The number of H-pyrrole nitrogens is 1. The molecular weight excluding hydrogens is 334 g/mol. The van der Waals surface area contributed by atoms with E-state index in [1.807, 2.05) is 37.4 Å². The van der Waals surface area contributed by atoms with Gasteiger partial charge in [0.2, 0.25) is 11.8 Å². The van der Waals surface area contributed by atoms with Crippen molar-refractivity contribution in [1.29, 1.82) is 0 Å². The van der Waals surface area contributed by atoms with Crippen molar-refractivity contribution >= 4 is 34.5 Å². The fourth-order valence-electron chi connectivity index (χ4n) is 3.21. The molecular formula is C19H25N3O2S. The van der Waals surface area contributed by atoms with E-state index < -0.39 is 12.1 Å². The second-order valence-electron chi connectivity index (χ2n) is 6.55. The number of aromatic nitrogens is 1. The molecule has 3 rings (SSSR count). The summed E-state index contributed by atoms with van der Waals surface area (Å²) in [6.45, 7) is 4.13. The van der Waals surface area contributed by atoms with Crippen LogP contribution < -0.4 is 10.6 Å². The molecule has 0 saturated carbocycles. The number of aromatic amines is 1. The van der Waals surface area contributed by atoms with Crippen LogP contribution in [0.5, 0.6) is 0 Å². The third kappa shape index (κ3) is 3.84. The smallest absolute Gasteiger partial charge is 0.244 e. The van der Waals surface area contributed by atoms with Gasteiger partial charge in [-0.2, -0.15) is 11.8 Å². The molecule has 6 heteroatoms. The van der Waals surface area contributed by atoms with Crippen LogP contribution in [0.1, 0.15) is 38.2 Å². The lowest BCUT2D eigenvalue weighted by Crippen LogP contribution is -2.63. The summed E-state index contributed by atoms with van der Waals surface area (Å²) in [6.07, 6.45) is 4.20. The number of nitrogens with one attached hydrogen (secondary N) is 3. The average Bonchev–Trinajstić information content (AvgIpc) is 3.04. The SMILES string of the molecule is CCCCSC[C@@H]1NC(=O)[C@@H](C(C)c2c[nH]c3ccccc23)NC1=O. The van der Waals surface area contributed by atoms with Gasteiger partial charge in [-0.1, -0.05) is 38.5 Å². The average molecular weight is 359 g/mol. The van der Waals surface area contributed by atoms with Gasteiger partial charge < -0.3 is 15.6 Å². The molecule has 0 bridgehead atoms. The zero-order chi connectivity index (χ0) is 17.8. The Bertz CT molecular complexity index is 758. The largest absolute Gasteiger partial charge is 0.361 e. The highest BCUT2D eigenvalue weighted by molar-refractivity contribution is 7.99. The number of thioether (sulfide) groups is 1. The van der Waals surface area contributed by atoms with Gasteiger partial charge in [-0.25, -0.2) is 0 Å². The fraction of sp³-hybridized carbons (Fsp3) is 0.474. The number of unbranched alkanes of at least 4 members (excludes halogenated alkanes) is 1. The highest BCUT2D eigenvalue weighted by Crippen LogP contribution is 2.28. The summed E-state index contributed by atoms with van der Waals surface area (Å²) in [7, 11) is 0. The van der Waals surface area contributed by atoms with Crippen molar-refractivity contribution in [2.75, 3.05) is 11.5 Å². The molecule has 1 aliphatic heterocycles. The summed E-state index contributed by atoms with van der Waals surface area (Å²) in [4.78, 5) is 28.2. The van der Waals surface area contributed by atoms with Crippen LogP contribution in [0.3, 0.4) is 0 Å². The van der Waals surface area contributed by atoms with Gasteiger partial charge in [0.05, 0.1) is 0 Å². The molecule has 3 atom stereocenters. The second-order valence-corrected chi connectivity index (χ2v) is 7.70. The van der Waals surface area contributed by atoms with E-state index in [9.17, 15) is 9.59 Å². The van der Waals surface area contributed by atoms with Crippen LogP contribution in [0.25, 0.3) is 10.9 Å². The molecule has 0 radical (unpaired) electrons. The summed E-state index contributed by atoms with van der Waals surface area (Å²) in [5.41, 5.74) is 2.09. The van der Waals surface area contributed by atoms with Gasteiger partial charge >= 0.3 is 0 Å². The summed E-state index contributed by atoms with van der Waals surface area (Å²) in [5.74, 6) is 1.37. The van der Waals surface area contributed by atoms with Crippen molar-refractivity contribution in [2.24, 2.45) is 0 Å².